The maximum Gasteiger partial charge on any atom is 0.258 e. The van der Waals surface area contributed by atoms with E-state index in [0.29, 0.717) is 11.4 Å². The van der Waals surface area contributed by atoms with E-state index in [-0.39, 0.29) is 5.56 Å². The summed E-state index contributed by atoms with van der Waals surface area (Å²) in [7, 11) is 0. The summed E-state index contributed by atoms with van der Waals surface area (Å²) in [5, 5.41) is 0. The molecule has 1 aromatic carbocycles. The van der Waals surface area contributed by atoms with Gasteiger partial charge in [0.25, 0.3) is 5.56 Å². The zero-order chi connectivity index (χ0) is 14.8. The van der Waals surface area contributed by atoms with Crippen LogP contribution in [0.5, 0.6) is 0 Å². The van der Waals surface area contributed by atoms with E-state index in [9.17, 15) is 4.79 Å². The van der Waals surface area contributed by atoms with Gasteiger partial charge in [0.05, 0.1) is 5.69 Å². The van der Waals surface area contributed by atoms with Gasteiger partial charge < -0.3 is 0 Å². The van der Waals surface area contributed by atoms with Crippen molar-refractivity contribution in [3.63, 3.8) is 0 Å². The van der Waals surface area contributed by atoms with E-state index >= 15 is 0 Å². The van der Waals surface area contributed by atoms with Crippen LogP contribution in [0, 0.1) is 6.92 Å². The van der Waals surface area contributed by atoms with Crippen LogP contribution in [0.1, 0.15) is 11.4 Å². The lowest BCUT2D eigenvalue weighted by Gasteiger charge is -2.06. The number of fused-ring (bicyclic) bond motifs is 1. The lowest BCUT2D eigenvalue weighted by atomic mass is 10.3. The summed E-state index contributed by atoms with van der Waals surface area (Å²) in [5.41, 5.74) is 2.38. The van der Waals surface area contributed by atoms with Crippen molar-refractivity contribution in [2.45, 2.75) is 17.6 Å². The first kappa shape index (κ1) is 14.4. The first-order valence-corrected chi connectivity index (χ1v) is 8.28. The third kappa shape index (κ3) is 3.19. The van der Waals surface area contributed by atoms with E-state index in [1.54, 1.807) is 22.2 Å². The second kappa shape index (κ2) is 6.03. The molecule has 0 aliphatic rings. The second-order valence-corrected chi connectivity index (χ2v) is 6.65. The zero-order valence-electron chi connectivity index (χ0n) is 11.4. The van der Waals surface area contributed by atoms with E-state index in [0.717, 1.165) is 20.8 Å². The Balaban J connectivity index is 1.88. The van der Waals surface area contributed by atoms with Crippen LogP contribution < -0.4 is 5.56 Å². The predicted molar refractivity (Wildman–Crippen MR) is 89.9 cm³/mol. The van der Waals surface area contributed by atoms with E-state index in [4.69, 9.17) is 0 Å². The molecular weight excluding hydrogens is 348 g/mol. The summed E-state index contributed by atoms with van der Waals surface area (Å²) in [6.45, 7) is 1.91. The number of pyridine rings is 1. The van der Waals surface area contributed by atoms with Crippen LogP contribution in [0.25, 0.3) is 5.65 Å². The van der Waals surface area contributed by atoms with Gasteiger partial charge in [-0.15, -0.1) is 11.8 Å². The van der Waals surface area contributed by atoms with Crippen LogP contribution in [0.3, 0.4) is 0 Å². The zero-order valence-corrected chi connectivity index (χ0v) is 13.8. The average Bonchev–Trinajstić information content (AvgIpc) is 2.46. The first-order chi connectivity index (χ1) is 10.1. The van der Waals surface area contributed by atoms with Crippen LogP contribution in [0.2, 0.25) is 0 Å². The number of halogens is 1. The summed E-state index contributed by atoms with van der Waals surface area (Å²) in [5.74, 6) is 0.682. The number of aromatic nitrogens is 2. The molecule has 3 nitrogen and oxygen atoms in total. The van der Waals surface area contributed by atoms with Gasteiger partial charge in [-0.05, 0) is 43.3 Å². The van der Waals surface area contributed by atoms with Gasteiger partial charge in [0.15, 0.2) is 0 Å². The Kier molecular flexibility index (Phi) is 4.12. The molecule has 2 heterocycles. The standard InChI is InChI=1S/C16H13BrN2OS/c1-11-3-2-4-15-18-13(9-16(20)19(11)15)10-21-14-7-5-12(17)6-8-14/h2-9H,10H2,1H3. The monoisotopic (exact) mass is 360 g/mol. The number of hydrogen-bond acceptors (Lipinski definition) is 3. The van der Waals surface area contributed by atoms with Crippen molar-refractivity contribution < 1.29 is 0 Å². The first-order valence-electron chi connectivity index (χ1n) is 6.50. The minimum absolute atomic E-state index is 0.0236. The summed E-state index contributed by atoms with van der Waals surface area (Å²) >= 11 is 5.09. The third-order valence-electron chi connectivity index (χ3n) is 3.13. The molecule has 5 heteroatoms. The van der Waals surface area contributed by atoms with Crippen molar-refractivity contribution in [3.05, 3.63) is 74.7 Å². The van der Waals surface area contributed by atoms with Crippen molar-refractivity contribution in [3.8, 4) is 0 Å². The topological polar surface area (TPSA) is 34.4 Å². The summed E-state index contributed by atoms with van der Waals surface area (Å²) in [4.78, 5) is 17.9. The fraction of sp³-hybridized carbons (Fsp3) is 0.125. The van der Waals surface area contributed by atoms with E-state index in [2.05, 4.69) is 20.9 Å². The van der Waals surface area contributed by atoms with Crippen molar-refractivity contribution >= 4 is 33.3 Å². The summed E-state index contributed by atoms with van der Waals surface area (Å²) in [6.07, 6.45) is 0. The second-order valence-electron chi connectivity index (χ2n) is 4.69. The van der Waals surface area contributed by atoms with E-state index in [1.807, 2.05) is 49.4 Å². The van der Waals surface area contributed by atoms with Gasteiger partial charge in [0.2, 0.25) is 0 Å². The van der Waals surface area contributed by atoms with Crippen molar-refractivity contribution in [1.29, 1.82) is 0 Å². The van der Waals surface area contributed by atoms with Gasteiger partial charge in [0, 0.05) is 26.9 Å². The molecule has 0 aliphatic heterocycles. The van der Waals surface area contributed by atoms with Crippen molar-refractivity contribution in [2.75, 3.05) is 0 Å². The molecule has 3 aromatic rings. The fourth-order valence-electron chi connectivity index (χ4n) is 2.13. The van der Waals surface area contributed by atoms with Crippen molar-refractivity contribution in [2.24, 2.45) is 0 Å². The van der Waals surface area contributed by atoms with Gasteiger partial charge >= 0.3 is 0 Å². The number of aryl methyl sites for hydroxylation is 1. The SMILES string of the molecule is Cc1cccc2nc(CSc3ccc(Br)cc3)cc(=O)n12. The Morgan fingerprint density at radius 1 is 1.19 bits per heavy atom. The highest BCUT2D eigenvalue weighted by Crippen LogP contribution is 2.23. The molecule has 0 aliphatic carbocycles. The number of benzene rings is 1. The Hall–Kier alpha value is -1.59. The number of rotatable bonds is 3. The highest BCUT2D eigenvalue weighted by molar-refractivity contribution is 9.10. The molecule has 106 valence electrons. The molecule has 0 amide bonds. The molecule has 21 heavy (non-hydrogen) atoms. The normalized spacial score (nSPS) is 11.0. The quantitative estimate of drug-likeness (QED) is 0.660. The average molecular weight is 361 g/mol. The van der Waals surface area contributed by atoms with Crippen LogP contribution in [-0.2, 0) is 5.75 Å². The lowest BCUT2D eigenvalue weighted by molar-refractivity contribution is 0.968. The molecule has 2 aromatic heterocycles. The fourth-order valence-corrected chi connectivity index (χ4v) is 3.18. The smallest absolute Gasteiger partial charge is 0.258 e. The molecule has 3 rings (SSSR count). The number of thioether (sulfide) groups is 1. The van der Waals surface area contributed by atoms with Gasteiger partial charge in [0.1, 0.15) is 5.65 Å². The Bertz CT molecular complexity index is 843. The highest BCUT2D eigenvalue weighted by Gasteiger charge is 2.05. The minimum Gasteiger partial charge on any atom is -0.269 e. The number of hydrogen-bond donors (Lipinski definition) is 0. The van der Waals surface area contributed by atoms with Crippen molar-refractivity contribution in [1.82, 2.24) is 9.38 Å². The van der Waals surface area contributed by atoms with Crippen LogP contribution in [0.4, 0.5) is 0 Å². The Morgan fingerprint density at radius 2 is 1.95 bits per heavy atom. The molecule has 0 saturated heterocycles. The van der Waals surface area contributed by atoms with Crippen LogP contribution in [-0.4, -0.2) is 9.38 Å². The molecule has 0 unspecified atom stereocenters. The number of nitrogens with zero attached hydrogens (tertiary/aromatic N) is 2. The third-order valence-corrected chi connectivity index (χ3v) is 4.71. The maximum atomic E-state index is 12.2. The maximum absolute atomic E-state index is 12.2. The molecule has 0 spiro atoms. The Labute approximate surface area is 135 Å². The van der Waals surface area contributed by atoms with Gasteiger partial charge in [-0.25, -0.2) is 4.98 Å². The summed E-state index contributed by atoms with van der Waals surface area (Å²) < 4.78 is 2.69. The molecule has 0 saturated carbocycles. The molecular formula is C16H13BrN2OS. The van der Waals surface area contributed by atoms with Gasteiger partial charge in [-0.3, -0.25) is 9.20 Å². The predicted octanol–water partition coefficient (Wildman–Crippen LogP) is 4.06. The van der Waals surface area contributed by atoms with E-state index < -0.39 is 0 Å². The molecule has 0 radical (unpaired) electrons. The van der Waals surface area contributed by atoms with Crippen LogP contribution >= 0.6 is 27.7 Å². The molecule has 0 bridgehead atoms. The largest absolute Gasteiger partial charge is 0.269 e. The molecule has 0 fully saturated rings. The minimum atomic E-state index is -0.0236. The molecule has 0 N–H and O–H groups in total. The summed E-state index contributed by atoms with van der Waals surface area (Å²) in [6, 6.07) is 15.4. The molecule has 0 atom stereocenters. The van der Waals surface area contributed by atoms with Crippen LogP contribution in [0.15, 0.2) is 62.7 Å². The lowest BCUT2D eigenvalue weighted by Crippen LogP contribution is -2.17. The van der Waals surface area contributed by atoms with Gasteiger partial charge in [-0.1, -0.05) is 22.0 Å². The Morgan fingerprint density at radius 3 is 2.71 bits per heavy atom. The van der Waals surface area contributed by atoms with E-state index in [1.165, 1.54) is 0 Å². The highest BCUT2D eigenvalue weighted by atomic mass is 79.9. The van der Waals surface area contributed by atoms with Gasteiger partial charge in [-0.2, -0.15) is 0 Å².